The third-order valence-corrected chi connectivity index (χ3v) is 5.30. The summed E-state index contributed by atoms with van der Waals surface area (Å²) in [5.74, 6) is 0.0901. The summed E-state index contributed by atoms with van der Waals surface area (Å²) < 4.78 is 14.1. The van der Waals surface area contributed by atoms with Crippen molar-refractivity contribution in [2.24, 2.45) is 5.92 Å². The van der Waals surface area contributed by atoms with Crippen LogP contribution in [0.4, 0.5) is 10.1 Å². The number of nitrogen functional groups attached to an aromatic ring is 1. The van der Waals surface area contributed by atoms with Gasteiger partial charge < -0.3 is 11.1 Å². The Morgan fingerprint density at radius 3 is 2.90 bits per heavy atom. The predicted molar refractivity (Wildman–Crippen MR) is 80.5 cm³/mol. The molecule has 1 aromatic carbocycles. The Hall–Kier alpha value is -1.62. The third-order valence-electron chi connectivity index (χ3n) is 4.11. The van der Waals surface area contributed by atoms with Crippen LogP contribution in [0.25, 0.3) is 10.1 Å². The van der Waals surface area contributed by atoms with E-state index in [4.69, 9.17) is 5.73 Å². The van der Waals surface area contributed by atoms with Crippen molar-refractivity contribution in [3.63, 3.8) is 0 Å². The fraction of sp³-hybridized carbons (Fsp3) is 0.400. The van der Waals surface area contributed by atoms with Gasteiger partial charge in [0.15, 0.2) is 0 Å². The summed E-state index contributed by atoms with van der Waals surface area (Å²) in [4.78, 5) is 12.8. The SMILES string of the molecule is CC(NC(=O)c1sc2ccc(F)cc2c1N)C1CCC1. The molecular weight excluding hydrogens is 275 g/mol. The number of rotatable bonds is 3. The number of halogens is 1. The van der Waals surface area contributed by atoms with Crippen LogP contribution in [0, 0.1) is 11.7 Å². The van der Waals surface area contributed by atoms with Gasteiger partial charge in [-0.05, 0) is 43.9 Å². The summed E-state index contributed by atoms with van der Waals surface area (Å²) in [5, 5.41) is 3.63. The molecule has 1 atom stereocenters. The molecule has 0 radical (unpaired) electrons. The van der Waals surface area contributed by atoms with Crippen molar-refractivity contribution >= 4 is 33.0 Å². The number of fused-ring (bicyclic) bond motifs is 1. The van der Waals surface area contributed by atoms with E-state index in [1.165, 1.54) is 42.7 Å². The number of carbonyl (C=O) groups is 1. The maximum atomic E-state index is 13.2. The number of hydrogen-bond acceptors (Lipinski definition) is 3. The van der Waals surface area contributed by atoms with Gasteiger partial charge in [-0.1, -0.05) is 6.42 Å². The van der Waals surface area contributed by atoms with E-state index in [1.807, 2.05) is 6.92 Å². The van der Waals surface area contributed by atoms with Crippen LogP contribution in [-0.2, 0) is 0 Å². The molecule has 2 aromatic rings. The lowest BCUT2D eigenvalue weighted by molar-refractivity contribution is 0.0914. The number of nitrogens with one attached hydrogen (secondary N) is 1. The molecule has 1 aliphatic rings. The van der Waals surface area contributed by atoms with Crippen molar-refractivity contribution in [3.05, 3.63) is 28.9 Å². The van der Waals surface area contributed by atoms with Crippen molar-refractivity contribution in [1.82, 2.24) is 5.32 Å². The second kappa shape index (κ2) is 5.05. The van der Waals surface area contributed by atoms with E-state index in [-0.39, 0.29) is 17.8 Å². The van der Waals surface area contributed by atoms with Gasteiger partial charge in [0.2, 0.25) is 0 Å². The molecule has 106 valence electrons. The van der Waals surface area contributed by atoms with Crippen LogP contribution < -0.4 is 11.1 Å². The van der Waals surface area contributed by atoms with Crippen LogP contribution in [0.5, 0.6) is 0 Å². The van der Waals surface area contributed by atoms with Crippen LogP contribution >= 0.6 is 11.3 Å². The highest BCUT2D eigenvalue weighted by atomic mass is 32.1. The number of benzene rings is 1. The Balaban J connectivity index is 1.85. The van der Waals surface area contributed by atoms with Gasteiger partial charge in [-0.25, -0.2) is 4.39 Å². The third kappa shape index (κ3) is 2.26. The average Bonchev–Trinajstić information content (AvgIpc) is 2.64. The fourth-order valence-electron chi connectivity index (χ4n) is 2.59. The molecule has 1 aromatic heterocycles. The van der Waals surface area contributed by atoms with Gasteiger partial charge in [-0.2, -0.15) is 0 Å². The monoisotopic (exact) mass is 292 g/mol. The van der Waals surface area contributed by atoms with Crippen molar-refractivity contribution in [3.8, 4) is 0 Å². The largest absolute Gasteiger partial charge is 0.397 e. The molecule has 1 aliphatic carbocycles. The zero-order chi connectivity index (χ0) is 14.3. The number of anilines is 1. The Morgan fingerprint density at radius 2 is 2.25 bits per heavy atom. The second-order valence-corrected chi connectivity index (χ2v) is 6.49. The Bertz CT molecular complexity index is 663. The zero-order valence-electron chi connectivity index (χ0n) is 11.3. The Morgan fingerprint density at radius 1 is 1.50 bits per heavy atom. The minimum Gasteiger partial charge on any atom is -0.397 e. The molecule has 3 nitrogen and oxygen atoms in total. The van der Waals surface area contributed by atoms with Gasteiger partial charge in [-0.3, -0.25) is 4.79 Å². The van der Waals surface area contributed by atoms with E-state index in [0.717, 1.165) is 4.70 Å². The van der Waals surface area contributed by atoms with Crippen molar-refractivity contribution < 1.29 is 9.18 Å². The van der Waals surface area contributed by atoms with Crippen molar-refractivity contribution in [2.45, 2.75) is 32.2 Å². The minimum absolute atomic E-state index is 0.150. The highest BCUT2D eigenvalue weighted by Gasteiger charge is 2.26. The molecule has 0 saturated heterocycles. The normalized spacial score (nSPS) is 16.9. The summed E-state index contributed by atoms with van der Waals surface area (Å²) in [6, 6.07) is 4.60. The molecule has 0 aliphatic heterocycles. The summed E-state index contributed by atoms with van der Waals surface area (Å²) in [7, 11) is 0. The molecule has 0 bridgehead atoms. The molecular formula is C15H17FN2OS. The number of amides is 1. The van der Waals surface area contributed by atoms with E-state index in [9.17, 15) is 9.18 Å². The second-order valence-electron chi connectivity index (χ2n) is 5.44. The maximum Gasteiger partial charge on any atom is 0.263 e. The topological polar surface area (TPSA) is 55.1 Å². The minimum atomic E-state index is -0.336. The predicted octanol–water partition coefficient (Wildman–Crippen LogP) is 3.54. The van der Waals surface area contributed by atoms with Crippen LogP contribution in [0.3, 0.4) is 0 Å². The first-order valence-corrected chi connectivity index (χ1v) is 7.66. The molecule has 0 spiro atoms. The summed E-state index contributed by atoms with van der Waals surface area (Å²) in [6.07, 6.45) is 3.60. The van der Waals surface area contributed by atoms with Crippen LogP contribution in [0.1, 0.15) is 35.9 Å². The van der Waals surface area contributed by atoms with Crippen LogP contribution in [0.15, 0.2) is 18.2 Å². The smallest absolute Gasteiger partial charge is 0.263 e. The number of carbonyl (C=O) groups excluding carboxylic acids is 1. The Labute approximate surface area is 121 Å². The molecule has 1 heterocycles. The zero-order valence-corrected chi connectivity index (χ0v) is 12.1. The lowest BCUT2D eigenvalue weighted by atomic mass is 9.80. The highest BCUT2D eigenvalue weighted by Crippen LogP contribution is 2.35. The molecule has 1 amide bonds. The van der Waals surface area contributed by atoms with Crippen LogP contribution in [-0.4, -0.2) is 11.9 Å². The molecule has 3 N–H and O–H groups in total. The summed E-state index contributed by atoms with van der Waals surface area (Å²) >= 11 is 1.32. The van der Waals surface area contributed by atoms with Gasteiger partial charge in [0.1, 0.15) is 10.7 Å². The van der Waals surface area contributed by atoms with Crippen molar-refractivity contribution in [1.29, 1.82) is 0 Å². The van der Waals surface area contributed by atoms with Crippen molar-refractivity contribution in [2.75, 3.05) is 5.73 Å². The number of thiophene rings is 1. The molecule has 3 rings (SSSR count). The van der Waals surface area contributed by atoms with E-state index in [0.29, 0.717) is 21.9 Å². The molecule has 5 heteroatoms. The van der Waals surface area contributed by atoms with Crippen LogP contribution in [0.2, 0.25) is 0 Å². The fourth-order valence-corrected chi connectivity index (χ4v) is 3.59. The van der Waals surface area contributed by atoms with Gasteiger partial charge in [0, 0.05) is 16.1 Å². The lowest BCUT2D eigenvalue weighted by Crippen LogP contribution is -2.40. The lowest BCUT2D eigenvalue weighted by Gasteiger charge is -2.31. The quantitative estimate of drug-likeness (QED) is 0.909. The highest BCUT2D eigenvalue weighted by molar-refractivity contribution is 7.21. The molecule has 1 fully saturated rings. The van der Waals surface area contributed by atoms with Gasteiger partial charge in [-0.15, -0.1) is 11.3 Å². The molecule has 1 saturated carbocycles. The summed E-state index contributed by atoms with van der Waals surface area (Å²) in [6.45, 7) is 2.03. The average molecular weight is 292 g/mol. The standard InChI is InChI=1S/C15H17FN2OS/c1-8(9-3-2-4-9)18-15(19)14-13(17)11-7-10(16)5-6-12(11)20-14/h5-9H,2-4,17H2,1H3,(H,18,19). The number of hydrogen-bond donors (Lipinski definition) is 2. The first-order chi connectivity index (χ1) is 9.56. The molecule has 20 heavy (non-hydrogen) atoms. The summed E-state index contributed by atoms with van der Waals surface area (Å²) in [5.41, 5.74) is 6.37. The van der Waals surface area contributed by atoms with Gasteiger partial charge >= 0.3 is 0 Å². The van der Waals surface area contributed by atoms with E-state index in [2.05, 4.69) is 5.32 Å². The van der Waals surface area contributed by atoms with Gasteiger partial charge in [0.05, 0.1) is 5.69 Å². The number of nitrogens with two attached hydrogens (primary N) is 1. The van der Waals surface area contributed by atoms with Gasteiger partial charge in [0.25, 0.3) is 5.91 Å². The first-order valence-electron chi connectivity index (χ1n) is 6.84. The van der Waals surface area contributed by atoms with E-state index in [1.54, 1.807) is 6.07 Å². The van der Waals surface area contributed by atoms with E-state index < -0.39 is 0 Å². The maximum absolute atomic E-state index is 13.2. The van der Waals surface area contributed by atoms with E-state index >= 15 is 0 Å². The first kappa shape index (κ1) is 13.4. The Kier molecular flexibility index (Phi) is 3.38. The molecule has 1 unspecified atom stereocenters.